The summed E-state index contributed by atoms with van der Waals surface area (Å²) in [6, 6.07) is -0.634. The maximum Gasteiger partial charge on any atom is 0.237 e. The van der Waals surface area contributed by atoms with Crippen LogP contribution >= 0.6 is 0 Å². The molecule has 6 heteroatoms. The van der Waals surface area contributed by atoms with E-state index in [1.165, 1.54) is 0 Å². The Labute approximate surface area is 87.8 Å². The van der Waals surface area contributed by atoms with Crippen LogP contribution < -0.4 is 11.1 Å². The Hall–Kier alpha value is -1.87. The van der Waals surface area contributed by atoms with E-state index >= 15 is 0 Å². The molecule has 1 rings (SSSR count). The molecule has 1 aromatic heterocycles. The second-order valence-electron chi connectivity index (χ2n) is 2.97. The summed E-state index contributed by atoms with van der Waals surface area (Å²) in [6.07, 6.45) is 8.58. The lowest BCUT2D eigenvalue weighted by molar-refractivity contribution is -0.122. The molecule has 0 aliphatic rings. The third kappa shape index (κ3) is 3.79. The van der Waals surface area contributed by atoms with Gasteiger partial charge in [-0.3, -0.25) is 9.48 Å². The molecule has 0 bridgehead atoms. The standard InChI is InChI=1S/C9H13N5O/c1-2-3-8(10)9(15)11-4-6-14-7-5-12-13-14/h1,5,7-8H,3-4,6,10H2,(H,11,15). The molecule has 0 aliphatic heterocycles. The summed E-state index contributed by atoms with van der Waals surface area (Å²) in [5.41, 5.74) is 5.50. The van der Waals surface area contributed by atoms with Crippen LogP contribution in [0.5, 0.6) is 0 Å². The van der Waals surface area contributed by atoms with Gasteiger partial charge in [-0.05, 0) is 0 Å². The van der Waals surface area contributed by atoms with Crippen molar-refractivity contribution in [3.05, 3.63) is 12.4 Å². The quantitative estimate of drug-likeness (QED) is 0.590. The highest BCUT2D eigenvalue weighted by atomic mass is 16.2. The van der Waals surface area contributed by atoms with E-state index in [0.29, 0.717) is 13.1 Å². The van der Waals surface area contributed by atoms with Gasteiger partial charge in [0.2, 0.25) is 5.91 Å². The monoisotopic (exact) mass is 207 g/mol. The number of nitrogens with one attached hydrogen (secondary N) is 1. The van der Waals surface area contributed by atoms with Crippen LogP contribution in [-0.2, 0) is 11.3 Å². The van der Waals surface area contributed by atoms with Crippen molar-refractivity contribution in [2.24, 2.45) is 5.73 Å². The van der Waals surface area contributed by atoms with Crippen molar-refractivity contribution >= 4 is 5.91 Å². The number of hydrogen-bond acceptors (Lipinski definition) is 4. The highest BCUT2D eigenvalue weighted by Crippen LogP contribution is 1.86. The molecule has 3 N–H and O–H groups in total. The number of rotatable bonds is 5. The van der Waals surface area contributed by atoms with Crippen LogP contribution in [0.1, 0.15) is 6.42 Å². The molecule has 0 spiro atoms. The molecule has 1 unspecified atom stereocenters. The van der Waals surface area contributed by atoms with E-state index in [9.17, 15) is 4.79 Å². The van der Waals surface area contributed by atoms with Crippen LogP contribution in [-0.4, -0.2) is 33.5 Å². The molecule has 0 saturated carbocycles. The molecule has 1 aromatic rings. The Morgan fingerprint density at radius 3 is 3.13 bits per heavy atom. The van der Waals surface area contributed by atoms with E-state index in [1.807, 2.05) is 0 Å². The fourth-order valence-electron chi connectivity index (χ4n) is 0.996. The lowest BCUT2D eigenvalue weighted by atomic mass is 10.2. The summed E-state index contributed by atoms with van der Waals surface area (Å²) in [7, 11) is 0. The Bertz CT molecular complexity index is 340. The molecule has 0 aromatic carbocycles. The Morgan fingerprint density at radius 2 is 2.53 bits per heavy atom. The number of nitrogens with two attached hydrogens (primary N) is 1. The van der Waals surface area contributed by atoms with Gasteiger partial charge in [0, 0.05) is 19.2 Å². The van der Waals surface area contributed by atoms with Gasteiger partial charge >= 0.3 is 0 Å². The number of amides is 1. The van der Waals surface area contributed by atoms with Crippen LogP contribution in [0.3, 0.4) is 0 Å². The van der Waals surface area contributed by atoms with E-state index in [-0.39, 0.29) is 12.3 Å². The highest BCUT2D eigenvalue weighted by molar-refractivity contribution is 5.81. The SMILES string of the molecule is C#CCC(N)C(=O)NCCn1ccnn1. The fourth-order valence-corrected chi connectivity index (χ4v) is 0.996. The molecular formula is C9H13N5O. The molecule has 1 amide bonds. The van der Waals surface area contributed by atoms with Gasteiger partial charge in [-0.1, -0.05) is 5.21 Å². The maximum absolute atomic E-state index is 11.3. The van der Waals surface area contributed by atoms with Gasteiger partial charge in [-0.2, -0.15) is 0 Å². The Morgan fingerprint density at radius 1 is 1.73 bits per heavy atom. The van der Waals surface area contributed by atoms with Crippen LogP contribution in [0.25, 0.3) is 0 Å². The highest BCUT2D eigenvalue weighted by Gasteiger charge is 2.10. The Kier molecular flexibility index (Phi) is 4.31. The van der Waals surface area contributed by atoms with E-state index in [1.54, 1.807) is 17.1 Å². The van der Waals surface area contributed by atoms with Gasteiger partial charge < -0.3 is 11.1 Å². The zero-order chi connectivity index (χ0) is 11.1. The first-order chi connectivity index (χ1) is 7.24. The summed E-state index contributed by atoms with van der Waals surface area (Å²) in [5, 5.41) is 10.0. The minimum absolute atomic E-state index is 0.243. The van der Waals surface area contributed by atoms with Gasteiger partial charge in [0.1, 0.15) is 0 Å². The summed E-state index contributed by atoms with van der Waals surface area (Å²) >= 11 is 0. The predicted octanol–water partition coefficient (Wildman–Crippen LogP) is -1.26. The Balaban J connectivity index is 2.20. The summed E-state index contributed by atoms with van der Waals surface area (Å²) in [6.45, 7) is 1.02. The number of terminal acetylenes is 1. The predicted molar refractivity (Wildman–Crippen MR) is 54.5 cm³/mol. The minimum Gasteiger partial charge on any atom is -0.353 e. The van der Waals surface area contributed by atoms with Crippen molar-refractivity contribution in [3.8, 4) is 12.3 Å². The molecule has 15 heavy (non-hydrogen) atoms. The lowest BCUT2D eigenvalue weighted by Crippen LogP contribution is -2.41. The van der Waals surface area contributed by atoms with E-state index < -0.39 is 6.04 Å². The van der Waals surface area contributed by atoms with Crippen molar-refractivity contribution < 1.29 is 4.79 Å². The summed E-state index contributed by atoms with van der Waals surface area (Å²) < 4.78 is 1.62. The molecule has 0 aliphatic carbocycles. The minimum atomic E-state index is -0.634. The maximum atomic E-state index is 11.3. The normalized spacial score (nSPS) is 11.7. The average molecular weight is 207 g/mol. The summed E-state index contributed by atoms with van der Waals surface area (Å²) in [4.78, 5) is 11.3. The lowest BCUT2D eigenvalue weighted by Gasteiger charge is -2.09. The largest absolute Gasteiger partial charge is 0.353 e. The van der Waals surface area contributed by atoms with Crippen molar-refractivity contribution in [2.75, 3.05) is 6.54 Å². The average Bonchev–Trinajstić information content (AvgIpc) is 2.71. The van der Waals surface area contributed by atoms with Gasteiger partial charge in [-0.15, -0.1) is 17.4 Å². The smallest absolute Gasteiger partial charge is 0.237 e. The van der Waals surface area contributed by atoms with Crippen LogP contribution in [0.15, 0.2) is 12.4 Å². The van der Waals surface area contributed by atoms with Gasteiger partial charge in [0.25, 0.3) is 0 Å². The molecular weight excluding hydrogens is 194 g/mol. The first-order valence-electron chi connectivity index (χ1n) is 4.55. The van der Waals surface area contributed by atoms with Crippen LogP contribution in [0, 0.1) is 12.3 Å². The van der Waals surface area contributed by atoms with Crippen molar-refractivity contribution in [1.82, 2.24) is 20.3 Å². The number of nitrogens with zero attached hydrogens (tertiary/aromatic N) is 3. The van der Waals surface area contributed by atoms with Crippen molar-refractivity contribution in [2.45, 2.75) is 19.0 Å². The first-order valence-corrected chi connectivity index (χ1v) is 4.55. The third-order valence-corrected chi connectivity index (χ3v) is 1.79. The molecule has 1 atom stereocenters. The zero-order valence-electron chi connectivity index (χ0n) is 8.26. The van der Waals surface area contributed by atoms with Crippen molar-refractivity contribution in [3.63, 3.8) is 0 Å². The van der Waals surface area contributed by atoms with E-state index in [2.05, 4.69) is 21.5 Å². The molecule has 80 valence electrons. The van der Waals surface area contributed by atoms with Gasteiger partial charge in [-0.25, -0.2) is 0 Å². The number of carbonyl (C=O) groups excluding carboxylic acids is 1. The van der Waals surface area contributed by atoms with Gasteiger partial charge in [0.05, 0.1) is 18.8 Å². The summed E-state index contributed by atoms with van der Waals surface area (Å²) in [5.74, 6) is 2.10. The number of aromatic nitrogens is 3. The van der Waals surface area contributed by atoms with E-state index in [4.69, 9.17) is 12.2 Å². The second kappa shape index (κ2) is 5.78. The second-order valence-corrected chi connectivity index (χ2v) is 2.97. The molecule has 0 fully saturated rings. The zero-order valence-corrected chi connectivity index (χ0v) is 8.26. The molecule has 0 saturated heterocycles. The molecule has 6 nitrogen and oxygen atoms in total. The van der Waals surface area contributed by atoms with Crippen LogP contribution in [0.2, 0.25) is 0 Å². The fraction of sp³-hybridized carbons (Fsp3) is 0.444. The topological polar surface area (TPSA) is 85.8 Å². The van der Waals surface area contributed by atoms with Crippen LogP contribution in [0.4, 0.5) is 0 Å². The molecule has 1 heterocycles. The van der Waals surface area contributed by atoms with Gasteiger partial charge in [0.15, 0.2) is 0 Å². The number of carbonyl (C=O) groups is 1. The third-order valence-electron chi connectivity index (χ3n) is 1.79. The number of hydrogen-bond donors (Lipinski definition) is 2. The van der Waals surface area contributed by atoms with Crippen molar-refractivity contribution in [1.29, 1.82) is 0 Å². The van der Waals surface area contributed by atoms with E-state index in [0.717, 1.165) is 0 Å². The first kappa shape index (κ1) is 11.2. The molecule has 0 radical (unpaired) electrons.